The molecule has 8 atom stereocenters. The van der Waals surface area contributed by atoms with Crippen LogP contribution in [0.15, 0.2) is 12.7 Å². The van der Waals surface area contributed by atoms with Crippen LogP contribution in [0.5, 0.6) is 0 Å². The molecular weight excluding hydrogens is 579 g/mol. The first-order valence-corrected chi connectivity index (χ1v) is 12.4. The molecule has 10 N–H and O–H groups in total. The minimum Gasteiger partial charge on any atom is -0.394 e. The average molecular weight is 603 g/mol. The third-order valence-corrected chi connectivity index (χ3v) is 6.76. The van der Waals surface area contributed by atoms with Crippen LogP contribution in [-0.2, 0) is 9.47 Å². The number of imidazole rings is 2. The van der Waals surface area contributed by atoms with E-state index in [4.69, 9.17) is 54.4 Å². The predicted molar refractivity (Wildman–Crippen MR) is 136 cm³/mol. The number of anilines is 2. The van der Waals surface area contributed by atoms with Crippen LogP contribution in [0.25, 0.3) is 22.3 Å². The number of ether oxygens (including phenoxy) is 2. The van der Waals surface area contributed by atoms with Crippen molar-refractivity contribution in [2.75, 3.05) is 24.7 Å². The number of halogens is 2. The largest absolute Gasteiger partial charge is 0.394 e. The molecule has 2 aliphatic rings. The summed E-state index contributed by atoms with van der Waals surface area (Å²) in [6.07, 6.45) is -5.86. The maximum absolute atomic E-state index is 9.99. The van der Waals surface area contributed by atoms with E-state index in [9.17, 15) is 20.4 Å². The zero-order valence-electron chi connectivity index (χ0n) is 20.2. The fourth-order valence-electron chi connectivity index (χ4n) is 4.41. The zero-order chi connectivity index (χ0) is 28.9. The standard InChI is InChI=1S/2C10H12ClN5O4/c2*11-10-14-7(12)4-8(15-10)16(2-13-4)9-6(19)5(18)3(1-17)20-9/h2*2-3,5-6,9,17-19H,1H2,(H2,12,14,15)/t2*3-,5-,6-,9-/m11/s1. The lowest BCUT2D eigenvalue weighted by molar-refractivity contribution is -0.0511. The van der Waals surface area contributed by atoms with E-state index in [-0.39, 0.29) is 33.5 Å². The molecule has 20 heteroatoms. The minimum absolute atomic E-state index is 0.0662. The Morgan fingerprint density at radius 3 is 1.38 bits per heavy atom. The first kappa shape index (κ1) is 28.5. The SMILES string of the molecule is Nc1nc(Cl)nc2c1ncn2[C@@H]1O[C@H](CO)[C@@H](O)[C@H]1O.Nc1nc(Cl)nc2c1ncn2[C@@H]1O[C@H](CO)[C@@H](O)[C@H]1O. The number of aromatic nitrogens is 8. The van der Waals surface area contributed by atoms with Crippen molar-refractivity contribution in [3.05, 3.63) is 23.2 Å². The molecule has 216 valence electrons. The number of nitrogen functional groups attached to an aromatic ring is 2. The number of rotatable bonds is 4. The van der Waals surface area contributed by atoms with Gasteiger partial charge in [-0.1, -0.05) is 0 Å². The minimum atomic E-state index is -1.24. The molecule has 0 saturated carbocycles. The highest BCUT2D eigenvalue weighted by Crippen LogP contribution is 2.33. The summed E-state index contributed by atoms with van der Waals surface area (Å²) in [5.74, 6) is 0.205. The highest BCUT2D eigenvalue weighted by atomic mass is 35.5. The molecule has 0 aromatic carbocycles. The molecule has 6 heterocycles. The van der Waals surface area contributed by atoms with Gasteiger partial charge < -0.3 is 51.6 Å². The number of hydrogen-bond donors (Lipinski definition) is 8. The summed E-state index contributed by atoms with van der Waals surface area (Å²) in [6.45, 7) is -0.835. The number of hydrogen-bond acceptors (Lipinski definition) is 16. The summed E-state index contributed by atoms with van der Waals surface area (Å²) in [5.41, 5.74) is 12.5. The molecule has 2 aliphatic heterocycles. The molecule has 18 nitrogen and oxygen atoms in total. The Morgan fingerprint density at radius 1 is 0.675 bits per heavy atom. The van der Waals surface area contributed by atoms with Gasteiger partial charge in [0.05, 0.1) is 25.9 Å². The maximum Gasteiger partial charge on any atom is 0.226 e. The van der Waals surface area contributed by atoms with E-state index in [1.54, 1.807) is 0 Å². The van der Waals surface area contributed by atoms with E-state index in [1.165, 1.54) is 21.8 Å². The van der Waals surface area contributed by atoms with Crippen LogP contribution in [0.3, 0.4) is 0 Å². The topological polar surface area (TPSA) is 279 Å². The molecule has 0 spiro atoms. The van der Waals surface area contributed by atoms with Gasteiger partial charge in [0.25, 0.3) is 0 Å². The van der Waals surface area contributed by atoms with Gasteiger partial charge in [-0.05, 0) is 23.2 Å². The van der Waals surface area contributed by atoms with Crippen molar-refractivity contribution < 1.29 is 40.1 Å². The molecular formula is C20H24Cl2N10O8. The van der Waals surface area contributed by atoms with Crippen LogP contribution >= 0.6 is 23.2 Å². The van der Waals surface area contributed by atoms with Crippen LogP contribution in [0, 0.1) is 0 Å². The van der Waals surface area contributed by atoms with Crippen molar-refractivity contribution >= 4 is 57.2 Å². The molecule has 0 amide bonds. The second-order valence-electron chi connectivity index (χ2n) is 8.86. The Morgan fingerprint density at radius 2 is 1.05 bits per heavy atom. The molecule has 2 saturated heterocycles. The zero-order valence-corrected chi connectivity index (χ0v) is 21.7. The molecule has 2 fully saturated rings. The third kappa shape index (κ3) is 4.87. The number of nitrogens with two attached hydrogens (primary N) is 2. The first-order chi connectivity index (χ1) is 19.0. The van der Waals surface area contributed by atoms with Gasteiger partial charge in [0.1, 0.15) is 47.7 Å². The van der Waals surface area contributed by atoms with Crippen molar-refractivity contribution in [1.29, 1.82) is 0 Å². The van der Waals surface area contributed by atoms with Gasteiger partial charge >= 0.3 is 0 Å². The van der Waals surface area contributed by atoms with E-state index in [0.717, 1.165) is 0 Å². The van der Waals surface area contributed by atoms with Crippen molar-refractivity contribution in [2.24, 2.45) is 0 Å². The second-order valence-corrected chi connectivity index (χ2v) is 9.54. The van der Waals surface area contributed by atoms with Crippen LogP contribution in [0.2, 0.25) is 10.6 Å². The van der Waals surface area contributed by atoms with Crippen LogP contribution in [0.4, 0.5) is 11.6 Å². The highest BCUT2D eigenvalue weighted by molar-refractivity contribution is 6.29. The second kappa shape index (κ2) is 11.1. The maximum atomic E-state index is 9.99. The van der Waals surface area contributed by atoms with Crippen molar-refractivity contribution in [2.45, 2.75) is 49.1 Å². The highest BCUT2D eigenvalue weighted by Gasteiger charge is 2.45. The fourth-order valence-corrected chi connectivity index (χ4v) is 4.76. The van der Waals surface area contributed by atoms with Gasteiger partial charge in [-0.3, -0.25) is 9.13 Å². The lowest BCUT2D eigenvalue weighted by Gasteiger charge is -2.16. The molecule has 0 unspecified atom stereocenters. The number of fused-ring (bicyclic) bond motifs is 2. The number of nitrogens with zero attached hydrogens (tertiary/aromatic N) is 8. The Kier molecular flexibility index (Phi) is 7.90. The summed E-state index contributed by atoms with van der Waals surface area (Å²) in [5, 5.41) is 57.5. The Balaban J connectivity index is 0.000000161. The van der Waals surface area contributed by atoms with Gasteiger partial charge in [0.2, 0.25) is 10.6 Å². The Bertz CT molecular complexity index is 1410. The number of aliphatic hydroxyl groups excluding tert-OH is 6. The Hall–Kier alpha value is -3.04. The van der Waals surface area contributed by atoms with Gasteiger partial charge in [-0.15, -0.1) is 0 Å². The Labute approximate surface area is 233 Å². The quantitative estimate of drug-likeness (QED) is 0.111. The molecule has 0 bridgehead atoms. The van der Waals surface area contributed by atoms with Gasteiger partial charge in [-0.2, -0.15) is 19.9 Å². The summed E-state index contributed by atoms with van der Waals surface area (Å²) in [4.78, 5) is 23.6. The van der Waals surface area contributed by atoms with Gasteiger partial charge in [-0.25, -0.2) is 9.97 Å². The van der Waals surface area contributed by atoms with E-state index in [0.29, 0.717) is 11.0 Å². The molecule has 0 aliphatic carbocycles. The molecule has 4 aromatic rings. The van der Waals surface area contributed by atoms with Crippen LogP contribution in [0.1, 0.15) is 12.5 Å². The average Bonchev–Trinajstić information content (AvgIpc) is 3.66. The fraction of sp³-hybridized carbons (Fsp3) is 0.500. The van der Waals surface area contributed by atoms with Gasteiger partial charge in [0.15, 0.2) is 35.4 Å². The molecule has 6 rings (SSSR count). The summed E-state index contributed by atoms with van der Waals surface area (Å²) >= 11 is 11.5. The van der Waals surface area contributed by atoms with Crippen molar-refractivity contribution in [3.63, 3.8) is 0 Å². The predicted octanol–water partition coefficient (Wildman–Crippen LogP) is -2.65. The summed E-state index contributed by atoms with van der Waals surface area (Å²) in [7, 11) is 0. The summed E-state index contributed by atoms with van der Waals surface area (Å²) < 4.78 is 13.6. The molecule has 4 aromatic heterocycles. The van der Waals surface area contributed by atoms with Crippen LogP contribution < -0.4 is 11.5 Å². The lowest BCUT2D eigenvalue weighted by atomic mass is 10.1. The first-order valence-electron chi connectivity index (χ1n) is 11.6. The third-order valence-electron chi connectivity index (χ3n) is 6.42. The summed E-state index contributed by atoms with van der Waals surface area (Å²) in [6, 6.07) is 0. The van der Waals surface area contributed by atoms with E-state index in [2.05, 4.69) is 29.9 Å². The van der Waals surface area contributed by atoms with Crippen molar-refractivity contribution in [3.8, 4) is 0 Å². The smallest absolute Gasteiger partial charge is 0.226 e. The van der Waals surface area contributed by atoms with Crippen LogP contribution in [-0.4, -0.2) is 120 Å². The van der Waals surface area contributed by atoms with Gasteiger partial charge in [0, 0.05) is 0 Å². The van der Waals surface area contributed by atoms with E-state index in [1.807, 2.05) is 0 Å². The lowest BCUT2D eigenvalue weighted by Crippen LogP contribution is -2.33. The molecule has 40 heavy (non-hydrogen) atoms. The van der Waals surface area contributed by atoms with E-state index >= 15 is 0 Å². The monoisotopic (exact) mass is 602 g/mol. The molecule has 0 radical (unpaired) electrons. The number of aliphatic hydroxyl groups is 6. The van der Waals surface area contributed by atoms with Crippen molar-refractivity contribution in [1.82, 2.24) is 39.0 Å². The van der Waals surface area contributed by atoms with E-state index < -0.39 is 62.3 Å². The normalized spacial score (nSPS) is 30.2.